The minimum Gasteiger partial charge on any atom is -0.497 e. The Labute approximate surface area is 103 Å². The minimum absolute atomic E-state index is 0.511. The van der Waals surface area contributed by atoms with Crippen LogP contribution in [0.4, 0.5) is 5.69 Å². The second-order valence-electron chi connectivity index (χ2n) is 4.14. The van der Waals surface area contributed by atoms with E-state index in [1.54, 1.807) is 14.2 Å². The predicted molar refractivity (Wildman–Crippen MR) is 71.2 cm³/mol. The van der Waals surface area contributed by atoms with Crippen molar-refractivity contribution >= 4 is 5.69 Å². The van der Waals surface area contributed by atoms with E-state index in [1.807, 2.05) is 18.2 Å². The molecule has 0 atom stereocenters. The summed E-state index contributed by atoms with van der Waals surface area (Å²) in [4.78, 5) is 0. The fraction of sp³-hybridized carbons (Fsp3) is 0.538. The molecular formula is C13H22N2O2. The van der Waals surface area contributed by atoms with E-state index in [0.717, 1.165) is 30.3 Å². The van der Waals surface area contributed by atoms with Crippen molar-refractivity contribution < 1.29 is 9.47 Å². The highest BCUT2D eigenvalue weighted by Gasteiger charge is 2.01. The summed E-state index contributed by atoms with van der Waals surface area (Å²) in [7, 11) is 3.30. The van der Waals surface area contributed by atoms with Gasteiger partial charge in [-0.1, -0.05) is 13.8 Å². The molecule has 0 heterocycles. The van der Waals surface area contributed by atoms with Gasteiger partial charge in [0.15, 0.2) is 0 Å². The number of ether oxygens (including phenoxy) is 2. The molecule has 0 radical (unpaired) electrons. The van der Waals surface area contributed by atoms with Crippen molar-refractivity contribution in [2.24, 2.45) is 0 Å². The largest absolute Gasteiger partial charge is 0.497 e. The van der Waals surface area contributed by atoms with E-state index in [2.05, 4.69) is 24.5 Å². The number of hydrogen-bond donors (Lipinski definition) is 2. The fourth-order valence-electron chi connectivity index (χ4n) is 1.48. The van der Waals surface area contributed by atoms with Crippen LogP contribution in [-0.2, 0) is 0 Å². The van der Waals surface area contributed by atoms with Crippen LogP contribution in [0.2, 0.25) is 0 Å². The lowest BCUT2D eigenvalue weighted by Gasteiger charge is -2.12. The average Bonchev–Trinajstić information content (AvgIpc) is 2.34. The van der Waals surface area contributed by atoms with Crippen LogP contribution < -0.4 is 20.1 Å². The molecule has 0 saturated heterocycles. The Morgan fingerprint density at radius 3 is 2.06 bits per heavy atom. The third kappa shape index (κ3) is 4.95. The molecule has 1 rings (SSSR count). The normalized spacial score (nSPS) is 10.4. The summed E-state index contributed by atoms with van der Waals surface area (Å²) in [6.07, 6.45) is 0. The minimum atomic E-state index is 0.511. The first kappa shape index (κ1) is 13.6. The molecule has 0 amide bonds. The van der Waals surface area contributed by atoms with Crippen molar-refractivity contribution in [1.82, 2.24) is 5.32 Å². The standard InChI is InChI=1S/C13H22N2O2/c1-10(2)14-5-6-15-11-7-12(16-3)9-13(8-11)17-4/h7-10,14-15H,5-6H2,1-4H3. The summed E-state index contributed by atoms with van der Waals surface area (Å²) in [5.41, 5.74) is 1.01. The molecule has 1 aromatic carbocycles. The topological polar surface area (TPSA) is 42.5 Å². The van der Waals surface area contributed by atoms with Crippen LogP contribution in [0.5, 0.6) is 11.5 Å². The van der Waals surface area contributed by atoms with Gasteiger partial charge in [-0.25, -0.2) is 0 Å². The molecule has 0 aliphatic rings. The van der Waals surface area contributed by atoms with Crippen molar-refractivity contribution in [3.63, 3.8) is 0 Å². The van der Waals surface area contributed by atoms with Gasteiger partial charge in [-0.3, -0.25) is 0 Å². The summed E-state index contributed by atoms with van der Waals surface area (Å²) in [6, 6.07) is 6.28. The number of benzene rings is 1. The maximum atomic E-state index is 5.21. The number of methoxy groups -OCH3 is 2. The number of hydrogen-bond acceptors (Lipinski definition) is 4. The molecule has 0 fully saturated rings. The molecule has 0 aliphatic heterocycles. The molecule has 2 N–H and O–H groups in total. The molecular weight excluding hydrogens is 216 g/mol. The Hall–Kier alpha value is -1.42. The van der Waals surface area contributed by atoms with Gasteiger partial charge in [0, 0.05) is 43.0 Å². The second-order valence-corrected chi connectivity index (χ2v) is 4.14. The second kappa shape index (κ2) is 7.01. The van der Waals surface area contributed by atoms with Crippen LogP contribution in [0.25, 0.3) is 0 Å². The summed E-state index contributed by atoms with van der Waals surface area (Å²) >= 11 is 0. The van der Waals surface area contributed by atoms with Crippen LogP contribution in [0, 0.1) is 0 Å². The monoisotopic (exact) mass is 238 g/mol. The SMILES string of the molecule is COc1cc(NCCNC(C)C)cc(OC)c1. The molecule has 0 aliphatic carbocycles. The molecule has 17 heavy (non-hydrogen) atoms. The summed E-state index contributed by atoms with van der Waals surface area (Å²) in [5, 5.41) is 6.67. The fourth-order valence-corrected chi connectivity index (χ4v) is 1.48. The van der Waals surface area contributed by atoms with E-state index >= 15 is 0 Å². The summed E-state index contributed by atoms with van der Waals surface area (Å²) < 4.78 is 10.4. The quantitative estimate of drug-likeness (QED) is 0.714. The first-order valence-corrected chi connectivity index (χ1v) is 5.86. The van der Waals surface area contributed by atoms with Crippen LogP contribution in [0.15, 0.2) is 18.2 Å². The zero-order chi connectivity index (χ0) is 12.7. The Morgan fingerprint density at radius 2 is 1.59 bits per heavy atom. The lowest BCUT2D eigenvalue weighted by Crippen LogP contribution is -2.28. The number of anilines is 1. The molecule has 4 nitrogen and oxygen atoms in total. The third-order valence-corrected chi connectivity index (χ3v) is 2.36. The Kier molecular flexibility index (Phi) is 5.63. The Morgan fingerprint density at radius 1 is 1.00 bits per heavy atom. The highest BCUT2D eigenvalue weighted by Crippen LogP contribution is 2.25. The van der Waals surface area contributed by atoms with Crippen LogP contribution in [-0.4, -0.2) is 33.4 Å². The molecule has 0 saturated carbocycles. The molecule has 4 heteroatoms. The lowest BCUT2D eigenvalue weighted by atomic mass is 10.2. The van der Waals surface area contributed by atoms with Crippen molar-refractivity contribution in [2.45, 2.75) is 19.9 Å². The maximum Gasteiger partial charge on any atom is 0.124 e. The van der Waals surface area contributed by atoms with Gasteiger partial charge in [0.1, 0.15) is 11.5 Å². The molecule has 96 valence electrons. The highest BCUT2D eigenvalue weighted by atomic mass is 16.5. The van der Waals surface area contributed by atoms with Gasteiger partial charge in [0.25, 0.3) is 0 Å². The summed E-state index contributed by atoms with van der Waals surface area (Å²) in [6.45, 7) is 6.06. The number of rotatable bonds is 7. The molecule has 0 aromatic heterocycles. The van der Waals surface area contributed by atoms with Crippen LogP contribution in [0.3, 0.4) is 0 Å². The predicted octanol–water partition coefficient (Wildman–Crippen LogP) is 2.11. The molecule has 0 spiro atoms. The van der Waals surface area contributed by atoms with Crippen molar-refractivity contribution in [3.8, 4) is 11.5 Å². The lowest BCUT2D eigenvalue weighted by molar-refractivity contribution is 0.394. The number of nitrogens with one attached hydrogen (secondary N) is 2. The van der Waals surface area contributed by atoms with E-state index < -0.39 is 0 Å². The van der Waals surface area contributed by atoms with E-state index in [4.69, 9.17) is 9.47 Å². The zero-order valence-corrected chi connectivity index (χ0v) is 11.0. The van der Waals surface area contributed by atoms with E-state index in [9.17, 15) is 0 Å². The third-order valence-electron chi connectivity index (χ3n) is 2.36. The van der Waals surface area contributed by atoms with Crippen molar-refractivity contribution in [2.75, 3.05) is 32.6 Å². The maximum absolute atomic E-state index is 5.21. The van der Waals surface area contributed by atoms with Gasteiger partial charge >= 0.3 is 0 Å². The van der Waals surface area contributed by atoms with E-state index in [-0.39, 0.29) is 0 Å². The van der Waals surface area contributed by atoms with Crippen LogP contribution in [0.1, 0.15) is 13.8 Å². The van der Waals surface area contributed by atoms with Gasteiger partial charge in [-0.15, -0.1) is 0 Å². The highest BCUT2D eigenvalue weighted by molar-refractivity contribution is 5.53. The van der Waals surface area contributed by atoms with E-state index in [1.165, 1.54) is 0 Å². The van der Waals surface area contributed by atoms with Crippen molar-refractivity contribution in [3.05, 3.63) is 18.2 Å². The first-order valence-electron chi connectivity index (χ1n) is 5.86. The zero-order valence-electron chi connectivity index (χ0n) is 11.0. The summed E-state index contributed by atoms with van der Waals surface area (Å²) in [5.74, 6) is 1.59. The van der Waals surface area contributed by atoms with Gasteiger partial charge in [-0.05, 0) is 0 Å². The first-order chi connectivity index (χ1) is 8.15. The molecule has 0 unspecified atom stereocenters. The average molecular weight is 238 g/mol. The van der Waals surface area contributed by atoms with E-state index in [0.29, 0.717) is 6.04 Å². The van der Waals surface area contributed by atoms with Crippen molar-refractivity contribution in [1.29, 1.82) is 0 Å². The van der Waals surface area contributed by atoms with Gasteiger partial charge in [0.05, 0.1) is 14.2 Å². The van der Waals surface area contributed by atoms with Crippen LogP contribution >= 0.6 is 0 Å². The molecule has 1 aromatic rings. The van der Waals surface area contributed by atoms with Gasteiger partial charge < -0.3 is 20.1 Å². The Balaban J connectivity index is 2.51. The van der Waals surface area contributed by atoms with Gasteiger partial charge in [0.2, 0.25) is 0 Å². The van der Waals surface area contributed by atoms with Gasteiger partial charge in [-0.2, -0.15) is 0 Å². The Bertz CT molecular complexity index is 318. The smallest absolute Gasteiger partial charge is 0.124 e. The molecule has 0 bridgehead atoms.